The highest BCUT2D eigenvalue weighted by Gasteiger charge is 2.13. The van der Waals surface area contributed by atoms with Gasteiger partial charge in [0.1, 0.15) is 17.4 Å². The monoisotopic (exact) mass is 408 g/mol. The number of aromatic nitrogens is 4. The number of anilines is 1. The first-order chi connectivity index (χ1) is 12.9. The third-order valence-electron chi connectivity index (χ3n) is 3.66. The first kappa shape index (κ1) is 18.9. The van der Waals surface area contributed by atoms with Gasteiger partial charge in [-0.3, -0.25) is 24.3 Å². The van der Waals surface area contributed by atoms with Crippen LogP contribution in [0.1, 0.15) is 12.0 Å². The van der Waals surface area contributed by atoms with E-state index in [1.54, 1.807) is 16.9 Å². The zero-order valence-corrected chi connectivity index (χ0v) is 15.4. The van der Waals surface area contributed by atoms with Gasteiger partial charge in [0.15, 0.2) is 5.82 Å². The lowest BCUT2D eigenvalue weighted by molar-refractivity contribution is -0.385. The summed E-state index contributed by atoms with van der Waals surface area (Å²) in [6, 6.07) is 7.36. The van der Waals surface area contributed by atoms with Crippen LogP contribution >= 0.6 is 23.2 Å². The Balaban J connectivity index is 1.58. The lowest BCUT2D eigenvalue weighted by Crippen LogP contribution is -2.15. The van der Waals surface area contributed by atoms with Crippen molar-refractivity contribution >= 4 is 40.6 Å². The Labute approximate surface area is 163 Å². The molecule has 0 saturated carbocycles. The number of carbonyl (C=O) groups is 1. The zero-order chi connectivity index (χ0) is 19.4. The minimum Gasteiger partial charge on any atom is -0.308 e. The average Bonchev–Trinajstić information content (AvgIpc) is 3.22. The highest BCUT2D eigenvalue weighted by Crippen LogP contribution is 2.22. The SMILES string of the molecule is O=C(CCn1cc([N+](=O)[O-])cn1)Nc1nn(Cc2ccccc2Cl)cc1Cl. The van der Waals surface area contributed by atoms with E-state index in [4.69, 9.17) is 23.2 Å². The maximum Gasteiger partial charge on any atom is 0.306 e. The summed E-state index contributed by atoms with van der Waals surface area (Å²) in [5, 5.41) is 22.2. The summed E-state index contributed by atoms with van der Waals surface area (Å²) in [7, 11) is 0. The number of aryl methyl sites for hydroxylation is 1. The van der Waals surface area contributed by atoms with E-state index in [9.17, 15) is 14.9 Å². The molecule has 1 N–H and O–H groups in total. The van der Waals surface area contributed by atoms with Crippen molar-refractivity contribution in [2.45, 2.75) is 19.5 Å². The van der Waals surface area contributed by atoms with Crippen LogP contribution in [0.5, 0.6) is 0 Å². The highest BCUT2D eigenvalue weighted by molar-refractivity contribution is 6.33. The lowest BCUT2D eigenvalue weighted by Gasteiger charge is -2.04. The number of rotatable bonds is 7. The number of hydrogen-bond acceptors (Lipinski definition) is 5. The maximum atomic E-state index is 12.1. The van der Waals surface area contributed by atoms with Crippen molar-refractivity contribution in [3.8, 4) is 0 Å². The third-order valence-corrected chi connectivity index (χ3v) is 4.31. The molecule has 0 aliphatic heterocycles. The zero-order valence-electron chi connectivity index (χ0n) is 13.9. The molecule has 0 bridgehead atoms. The van der Waals surface area contributed by atoms with E-state index in [1.807, 2.05) is 18.2 Å². The van der Waals surface area contributed by atoms with Crippen LogP contribution < -0.4 is 5.32 Å². The van der Waals surface area contributed by atoms with Crippen LogP contribution in [0.25, 0.3) is 0 Å². The summed E-state index contributed by atoms with van der Waals surface area (Å²) in [6.07, 6.45) is 4.05. The van der Waals surface area contributed by atoms with Gasteiger partial charge in [-0.25, -0.2) is 0 Å². The number of amides is 1. The molecule has 0 radical (unpaired) electrons. The number of carbonyl (C=O) groups excluding carboxylic acids is 1. The van der Waals surface area contributed by atoms with Gasteiger partial charge in [0.25, 0.3) is 0 Å². The van der Waals surface area contributed by atoms with Crippen molar-refractivity contribution in [2.24, 2.45) is 0 Å². The average molecular weight is 409 g/mol. The van der Waals surface area contributed by atoms with Gasteiger partial charge in [-0.1, -0.05) is 41.4 Å². The van der Waals surface area contributed by atoms with E-state index >= 15 is 0 Å². The van der Waals surface area contributed by atoms with Crippen LogP contribution in [0.3, 0.4) is 0 Å². The van der Waals surface area contributed by atoms with Gasteiger partial charge in [-0.2, -0.15) is 10.2 Å². The summed E-state index contributed by atoms with van der Waals surface area (Å²) >= 11 is 12.3. The Hall–Kier alpha value is -2.91. The molecule has 3 aromatic rings. The van der Waals surface area contributed by atoms with E-state index in [0.29, 0.717) is 16.6 Å². The molecule has 0 aliphatic carbocycles. The molecule has 3 rings (SSSR count). The standard InChI is InChI=1S/C16H14Cl2N6O3/c17-13-4-2-1-3-11(13)8-23-10-14(18)16(21-23)20-15(25)5-6-22-9-12(7-19-22)24(26)27/h1-4,7,9-10H,5-6,8H2,(H,20,21,25). The summed E-state index contributed by atoms with van der Waals surface area (Å²) in [4.78, 5) is 22.2. The summed E-state index contributed by atoms with van der Waals surface area (Å²) in [5.74, 6) is -0.0989. The molecule has 0 unspecified atom stereocenters. The van der Waals surface area contributed by atoms with Crippen molar-refractivity contribution in [3.05, 3.63) is 68.6 Å². The van der Waals surface area contributed by atoms with Crippen LogP contribution in [0, 0.1) is 10.1 Å². The minimum absolute atomic E-state index is 0.0620. The van der Waals surface area contributed by atoms with Gasteiger partial charge >= 0.3 is 5.69 Å². The number of halogens is 2. The molecule has 2 aromatic heterocycles. The van der Waals surface area contributed by atoms with Gasteiger partial charge in [0, 0.05) is 24.2 Å². The quantitative estimate of drug-likeness (QED) is 0.476. The van der Waals surface area contributed by atoms with E-state index in [1.165, 1.54) is 10.9 Å². The van der Waals surface area contributed by atoms with E-state index < -0.39 is 4.92 Å². The van der Waals surface area contributed by atoms with Gasteiger partial charge < -0.3 is 5.32 Å². The van der Waals surface area contributed by atoms with Crippen molar-refractivity contribution in [1.82, 2.24) is 19.6 Å². The van der Waals surface area contributed by atoms with Crippen LogP contribution in [-0.4, -0.2) is 30.4 Å². The fourth-order valence-electron chi connectivity index (χ4n) is 2.34. The molecule has 27 heavy (non-hydrogen) atoms. The Morgan fingerprint density at radius 3 is 2.67 bits per heavy atom. The fraction of sp³-hybridized carbons (Fsp3) is 0.188. The van der Waals surface area contributed by atoms with Crippen molar-refractivity contribution in [3.63, 3.8) is 0 Å². The second-order valence-electron chi connectivity index (χ2n) is 5.63. The third kappa shape index (κ3) is 4.83. The first-order valence-electron chi connectivity index (χ1n) is 7.85. The largest absolute Gasteiger partial charge is 0.308 e. The van der Waals surface area contributed by atoms with Gasteiger partial charge in [-0.15, -0.1) is 0 Å². The number of nitro groups is 1. The second kappa shape index (κ2) is 8.19. The maximum absolute atomic E-state index is 12.1. The van der Waals surface area contributed by atoms with Gasteiger partial charge in [0.2, 0.25) is 5.91 Å². The summed E-state index contributed by atoms with van der Waals surface area (Å²) in [6.45, 7) is 0.601. The van der Waals surface area contributed by atoms with Crippen LogP contribution in [0.2, 0.25) is 10.0 Å². The van der Waals surface area contributed by atoms with Crippen molar-refractivity contribution < 1.29 is 9.72 Å². The van der Waals surface area contributed by atoms with Crippen molar-refractivity contribution in [1.29, 1.82) is 0 Å². The number of nitrogens with zero attached hydrogens (tertiary/aromatic N) is 5. The number of nitrogens with one attached hydrogen (secondary N) is 1. The minimum atomic E-state index is -0.547. The normalized spacial score (nSPS) is 10.7. The molecule has 0 spiro atoms. The second-order valence-corrected chi connectivity index (χ2v) is 6.45. The molecule has 2 heterocycles. The molecule has 140 valence electrons. The predicted molar refractivity (Wildman–Crippen MR) is 99.9 cm³/mol. The van der Waals surface area contributed by atoms with Crippen LogP contribution in [0.15, 0.2) is 42.9 Å². The Morgan fingerprint density at radius 2 is 1.96 bits per heavy atom. The Morgan fingerprint density at radius 1 is 1.19 bits per heavy atom. The van der Waals surface area contributed by atoms with Gasteiger partial charge in [0.05, 0.1) is 11.5 Å². The van der Waals surface area contributed by atoms with Crippen LogP contribution in [0.4, 0.5) is 11.5 Å². The van der Waals surface area contributed by atoms with Crippen molar-refractivity contribution in [2.75, 3.05) is 5.32 Å². The summed E-state index contributed by atoms with van der Waals surface area (Å²) in [5.41, 5.74) is 0.744. The van der Waals surface area contributed by atoms with E-state index in [2.05, 4.69) is 15.5 Å². The molecule has 0 aliphatic rings. The number of benzene rings is 1. The predicted octanol–water partition coefficient (Wildman–Crippen LogP) is 3.37. The molecule has 9 nitrogen and oxygen atoms in total. The molecule has 0 atom stereocenters. The van der Waals surface area contributed by atoms with E-state index in [0.717, 1.165) is 11.8 Å². The summed E-state index contributed by atoms with van der Waals surface area (Å²) < 4.78 is 2.91. The number of hydrogen-bond donors (Lipinski definition) is 1. The molecule has 11 heteroatoms. The molecular formula is C16H14Cl2N6O3. The van der Waals surface area contributed by atoms with Crippen LogP contribution in [-0.2, 0) is 17.9 Å². The lowest BCUT2D eigenvalue weighted by atomic mass is 10.2. The molecule has 0 fully saturated rings. The molecule has 0 saturated heterocycles. The molecule has 1 amide bonds. The Kier molecular flexibility index (Phi) is 5.72. The fourth-order valence-corrected chi connectivity index (χ4v) is 2.74. The Bertz CT molecular complexity index is 984. The smallest absolute Gasteiger partial charge is 0.306 e. The van der Waals surface area contributed by atoms with E-state index in [-0.39, 0.29) is 30.4 Å². The topological polar surface area (TPSA) is 108 Å². The molecular weight excluding hydrogens is 395 g/mol. The van der Waals surface area contributed by atoms with Gasteiger partial charge in [-0.05, 0) is 11.6 Å². The first-order valence-corrected chi connectivity index (χ1v) is 8.61. The highest BCUT2D eigenvalue weighted by atomic mass is 35.5. The molecule has 1 aromatic carbocycles.